The lowest BCUT2D eigenvalue weighted by Crippen LogP contribution is -2.64. The number of halogens is 20. The first-order chi connectivity index (χ1) is 45.6. The third-order valence-corrected chi connectivity index (χ3v) is 18.1. The first-order valence-electron chi connectivity index (χ1n) is 32.3. The number of ether oxygens (including phenoxy) is 7. The van der Waals surface area contributed by atoms with Gasteiger partial charge in [-0.1, -0.05) is 62.3 Å². The van der Waals surface area contributed by atoms with Crippen molar-refractivity contribution in [1.82, 2.24) is 0 Å². The normalized spacial score (nSPS) is 20.1. The molecule has 596 valence electrons. The van der Waals surface area contributed by atoms with Crippen LogP contribution >= 0.6 is 0 Å². The molecule has 1 aromatic carbocycles. The van der Waals surface area contributed by atoms with Gasteiger partial charge in [0, 0.05) is 30.2 Å². The lowest BCUT2D eigenvalue weighted by molar-refractivity contribution is -0.391. The van der Waals surface area contributed by atoms with Gasteiger partial charge in [-0.05, 0) is 139 Å². The number of alkyl halides is 15. The minimum absolute atomic E-state index is 0.202. The van der Waals surface area contributed by atoms with E-state index in [1.165, 1.54) is 20.8 Å². The molecule has 102 heavy (non-hydrogen) atoms. The lowest BCUT2D eigenvalue weighted by atomic mass is 9.66. The Morgan fingerprint density at radius 2 is 0.745 bits per heavy atom. The summed E-state index contributed by atoms with van der Waals surface area (Å²) in [4.78, 5) is 79.6. The van der Waals surface area contributed by atoms with Gasteiger partial charge in [0.1, 0.15) is 6.10 Å². The van der Waals surface area contributed by atoms with Crippen molar-refractivity contribution in [2.75, 3.05) is 13.2 Å². The average molecular weight is 1530 g/mol. The summed E-state index contributed by atoms with van der Waals surface area (Å²) in [7, 11) is 0. The van der Waals surface area contributed by atoms with Crippen LogP contribution in [0.15, 0.2) is 0 Å². The second kappa shape index (κ2) is 37.8. The molecule has 0 bridgehead atoms. The van der Waals surface area contributed by atoms with Crippen LogP contribution in [-0.4, -0.2) is 138 Å². The molecule has 9 unspecified atom stereocenters. The van der Waals surface area contributed by atoms with Crippen molar-refractivity contribution in [2.24, 2.45) is 39.4 Å². The van der Waals surface area contributed by atoms with E-state index in [-0.39, 0.29) is 31.7 Å². The predicted octanol–water partition coefficient (Wildman–Crippen LogP) is 17.0. The molecule has 36 heteroatoms. The molecule has 0 amide bonds. The maximum atomic E-state index is 13.4. The molecule has 2 aliphatic heterocycles. The van der Waals surface area contributed by atoms with Gasteiger partial charge in [0.25, 0.3) is 5.60 Å². The fourth-order valence-electron chi connectivity index (χ4n) is 7.94. The Bertz CT molecular complexity index is 2770. The molecule has 1 saturated carbocycles. The first-order valence-corrected chi connectivity index (χ1v) is 32.3. The number of carbonyl (C=O) groups is 7. The highest BCUT2D eigenvalue weighted by molar-refractivity contribution is 5.83. The summed E-state index contributed by atoms with van der Waals surface area (Å²) in [5, 5.41) is 19.5. The molecule has 0 radical (unpaired) electrons. The van der Waals surface area contributed by atoms with Gasteiger partial charge in [0.05, 0.1) is 40.8 Å². The summed E-state index contributed by atoms with van der Waals surface area (Å²) in [6.45, 7) is 30.6. The van der Waals surface area contributed by atoms with Gasteiger partial charge in [0.2, 0.25) is 18.0 Å². The second-order valence-electron chi connectivity index (χ2n) is 27.9. The fourth-order valence-corrected chi connectivity index (χ4v) is 7.94. The smallest absolute Gasteiger partial charge is 0.426 e. The Labute approximate surface area is 579 Å². The molecule has 2 heterocycles. The van der Waals surface area contributed by atoms with Crippen LogP contribution in [-0.2, 0) is 72.1 Å². The monoisotopic (exact) mass is 1520 g/mol. The van der Waals surface area contributed by atoms with Gasteiger partial charge in [-0.25, -0.2) is 31.5 Å². The molecule has 4 rings (SSSR count). The van der Waals surface area contributed by atoms with E-state index in [1.807, 2.05) is 13.8 Å². The maximum Gasteiger partial charge on any atom is 0.426 e. The van der Waals surface area contributed by atoms with Gasteiger partial charge in [-0.2, -0.15) is 65.9 Å². The number of aliphatic hydroxyl groups is 2. The quantitative estimate of drug-likeness (QED) is 0.0432. The number of cyclic esters (lactones) is 2. The highest BCUT2D eigenvalue weighted by Gasteiger charge is 2.75. The van der Waals surface area contributed by atoms with Crippen LogP contribution in [0, 0.1) is 68.5 Å². The molecular formula is C66H96F20O16. The topological polar surface area (TPSA) is 225 Å². The molecule has 1 aliphatic carbocycles. The van der Waals surface area contributed by atoms with E-state index in [0.717, 1.165) is 13.8 Å². The van der Waals surface area contributed by atoms with Crippen LogP contribution in [0.4, 0.5) is 87.8 Å². The first kappa shape index (κ1) is 98.1. The van der Waals surface area contributed by atoms with Crippen LogP contribution in [0.5, 0.6) is 0 Å². The third kappa shape index (κ3) is 27.5. The number of hydrogen-bond donors (Lipinski definition) is 2. The number of carbonyl (C=O) groups excluding carboxylic acids is 7. The van der Waals surface area contributed by atoms with Crippen LogP contribution in [0.2, 0.25) is 0 Å². The Morgan fingerprint density at radius 3 is 1.00 bits per heavy atom. The molecule has 3 fully saturated rings. The predicted molar refractivity (Wildman–Crippen MR) is 324 cm³/mol. The number of esters is 7. The molecule has 9 atom stereocenters. The Kier molecular flexibility index (Phi) is 36.4. The van der Waals surface area contributed by atoms with E-state index in [4.69, 9.17) is 23.7 Å². The molecule has 0 spiro atoms. The Balaban J connectivity index is 0. The van der Waals surface area contributed by atoms with E-state index < -0.39 is 201 Å². The zero-order chi connectivity index (χ0) is 81.3. The van der Waals surface area contributed by atoms with Crippen LogP contribution in [0.3, 0.4) is 0 Å². The summed E-state index contributed by atoms with van der Waals surface area (Å²) >= 11 is 0. The van der Waals surface area contributed by atoms with Crippen molar-refractivity contribution in [2.45, 2.75) is 287 Å². The van der Waals surface area contributed by atoms with E-state index in [9.17, 15) is 132 Å². The molecule has 2 saturated heterocycles. The van der Waals surface area contributed by atoms with Crippen LogP contribution < -0.4 is 0 Å². The molecular weight excluding hydrogens is 1430 g/mol. The van der Waals surface area contributed by atoms with Gasteiger partial charge in [-0.3, -0.25) is 24.0 Å². The molecule has 3 aliphatic rings. The maximum absolute atomic E-state index is 13.4. The molecule has 16 nitrogen and oxygen atoms in total. The van der Waals surface area contributed by atoms with Gasteiger partial charge < -0.3 is 43.4 Å². The van der Waals surface area contributed by atoms with Crippen LogP contribution in [0.25, 0.3) is 0 Å². The highest BCUT2D eigenvalue weighted by Crippen LogP contribution is 2.55. The van der Waals surface area contributed by atoms with Gasteiger partial charge >= 0.3 is 72.7 Å². The van der Waals surface area contributed by atoms with Crippen molar-refractivity contribution in [1.29, 1.82) is 0 Å². The van der Waals surface area contributed by atoms with E-state index >= 15 is 0 Å². The summed E-state index contributed by atoms with van der Waals surface area (Å²) in [5.41, 5.74) is -13.7. The zero-order valence-corrected chi connectivity index (χ0v) is 60.5. The van der Waals surface area contributed by atoms with Crippen molar-refractivity contribution < 1.29 is 165 Å². The van der Waals surface area contributed by atoms with Crippen molar-refractivity contribution in [3.8, 4) is 0 Å². The molecule has 1 aromatic rings. The molecule has 0 aromatic heterocycles. The highest BCUT2D eigenvalue weighted by atomic mass is 19.4. The summed E-state index contributed by atoms with van der Waals surface area (Å²) in [6, 6.07) is 0. The molecule has 2 N–H and O–H groups in total. The average Bonchev–Trinajstić information content (AvgIpc) is 0.818. The number of benzene rings is 1. The summed E-state index contributed by atoms with van der Waals surface area (Å²) in [5.74, 6) is -19.4. The van der Waals surface area contributed by atoms with E-state index in [0.29, 0.717) is 51.7 Å². The third-order valence-electron chi connectivity index (χ3n) is 18.1. The zero-order valence-electron chi connectivity index (χ0n) is 60.5. The Hall–Kier alpha value is -5.97. The van der Waals surface area contributed by atoms with Gasteiger partial charge in [0.15, 0.2) is 41.1 Å². The number of hydrogen-bond acceptors (Lipinski definition) is 16. The minimum atomic E-state index is -6.27. The Morgan fingerprint density at radius 1 is 0.441 bits per heavy atom. The largest absolute Gasteiger partial charge is 0.463 e. The van der Waals surface area contributed by atoms with E-state index in [1.54, 1.807) is 83.1 Å². The number of rotatable bonds is 19. The summed E-state index contributed by atoms with van der Waals surface area (Å²) < 4.78 is 290. The minimum Gasteiger partial charge on any atom is -0.463 e. The van der Waals surface area contributed by atoms with Crippen molar-refractivity contribution >= 4 is 41.8 Å². The standard InChI is InChI=1S/C17H23F9O4.C11H11F5.2C10H16O4.2C9H15F3O2/c1-4-8(2)12(27)30-11-6-9(13(3,28)15(18,19)20)5-10(7-11)14(29,16(21,22)23)17(24,25)26;1-4-11(2,3)5-6(12)8(14)10(16)9(15)7(5)13;2*1-4-10(2,3)9(12)14-7-5-6-13-8(7)11;2*1-5-8(3,4)7(13)14-6(2)9(10,11)12/h8-11,28-29H,4-7H2,1-3H3;4H2,1-3H3;2*7H,4-6H2,1-3H3;2*6H,5H2,1-4H3. The van der Waals surface area contributed by atoms with Crippen LogP contribution in [0.1, 0.15) is 215 Å². The SMILES string of the molecule is CCC(C)(C)C(=O)OC(C)C(F)(F)F.CCC(C)(C)C(=O)OC(C)C(F)(F)F.CCC(C)(C)C(=O)OC1CCOC1=O.CCC(C)(C)C(=O)OC1CCOC1=O.CCC(C)(C)c1c(F)c(F)c(F)c(F)c1F.CCC(C)C(=O)OC1CC(C(C)(O)C(F)(F)F)CC(C(O)(C(F)(F)F)C(F)(F)F)C1. The summed E-state index contributed by atoms with van der Waals surface area (Å²) in [6.07, 6.45) is -33.9. The van der Waals surface area contributed by atoms with Crippen molar-refractivity contribution in [3.63, 3.8) is 0 Å². The fraction of sp³-hybridized carbons (Fsp3) is 0.803. The van der Waals surface area contributed by atoms with Crippen molar-refractivity contribution in [3.05, 3.63) is 34.6 Å². The lowest BCUT2D eigenvalue weighted by Gasteiger charge is -2.47. The second-order valence-corrected chi connectivity index (χ2v) is 27.9. The van der Waals surface area contributed by atoms with E-state index in [2.05, 4.69) is 9.47 Å². The van der Waals surface area contributed by atoms with Gasteiger partial charge in [-0.15, -0.1) is 0 Å².